The van der Waals surface area contributed by atoms with Gasteiger partial charge in [0.15, 0.2) is 0 Å². The van der Waals surface area contributed by atoms with E-state index in [0.717, 1.165) is 38.6 Å². The Bertz CT molecular complexity index is 148. The van der Waals surface area contributed by atoms with Crippen LogP contribution in [0, 0.1) is 5.92 Å². The van der Waals surface area contributed by atoms with Gasteiger partial charge in [0.25, 0.3) is 0 Å². The van der Waals surface area contributed by atoms with Gasteiger partial charge < -0.3 is 15.2 Å². The van der Waals surface area contributed by atoms with Crippen molar-refractivity contribution >= 4 is 0 Å². The van der Waals surface area contributed by atoms with Crippen LogP contribution in [0.5, 0.6) is 0 Å². The number of nitrogens with one attached hydrogen (secondary N) is 1. The minimum Gasteiger partial charge on any atom is -0.390 e. The van der Waals surface area contributed by atoms with Gasteiger partial charge in [-0.1, -0.05) is 0 Å². The second kappa shape index (κ2) is 5.69. The summed E-state index contributed by atoms with van der Waals surface area (Å²) >= 11 is 0. The average Bonchev–Trinajstić information content (AvgIpc) is 2.13. The lowest BCUT2D eigenvalue weighted by atomic mass is 10.00. The van der Waals surface area contributed by atoms with Crippen molar-refractivity contribution in [1.82, 2.24) is 5.32 Å². The van der Waals surface area contributed by atoms with Crippen molar-refractivity contribution in [3.8, 4) is 0 Å². The molecule has 0 aromatic rings. The van der Waals surface area contributed by atoms with E-state index in [1.807, 2.05) is 13.8 Å². The van der Waals surface area contributed by atoms with Gasteiger partial charge in [0, 0.05) is 13.2 Å². The Hall–Kier alpha value is -0.120. The molecule has 1 saturated heterocycles. The van der Waals surface area contributed by atoms with E-state index in [-0.39, 0.29) is 0 Å². The summed E-state index contributed by atoms with van der Waals surface area (Å²) in [5.74, 6) is 0.769. The topological polar surface area (TPSA) is 41.5 Å². The van der Waals surface area contributed by atoms with Crippen LogP contribution < -0.4 is 5.32 Å². The zero-order valence-electron chi connectivity index (χ0n) is 9.38. The van der Waals surface area contributed by atoms with E-state index in [4.69, 9.17) is 4.74 Å². The molecule has 0 atom stereocenters. The molecule has 0 bridgehead atoms. The van der Waals surface area contributed by atoms with Crippen LogP contribution in [0.3, 0.4) is 0 Å². The Kier molecular flexibility index (Phi) is 4.85. The predicted molar refractivity (Wildman–Crippen MR) is 57.3 cm³/mol. The quantitative estimate of drug-likeness (QED) is 0.656. The number of ether oxygens (including phenoxy) is 1. The van der Waals surface area contributed by atoms with Gasteiger partial charge in [0.2, 0.25) is 0 Å². The minimum absolute atomic E-state index is 0.539. The fraction of sp³-hybridized carbons (Fsp3) is 1.00. The summed E-state index contributed by atoms with van der Waals surface area (Å²) in [4.78, 5) is 0. The summed E-state index contributed by atoms with van der Waals surface area (Å²) < 4.78 is 5.29. The van der Waals surface area contributed by atoms with Gasteiger partial charge in [-0.2, -0.15) is 0 Å². The molecule has 1 aliphatic rings. The maximum atomic E-state index is 9.49. The van der Waals surface area contributed by atoms with Crippen LogP contribution in [0.2, 0.25) is 0 Å². The first-order valence-electron chi connectivity index (χ1n) is 5.59. The largest absolute Gasteiger partial charge is 0.390 e. The van der Waals surface area contributed by atoms with E-state index in [0.29, 0.717) is 0 Å². The highest BCUT2D eigenvalue weighted by Gasteiger charge is 2.14. The first-order valence-corrected chi connectivity index (χ1v) is 5.59. The Balaban J connectivity index is 1.97. The molecule has 1 aliphatic heterocycles. The van der Waals surface area contributed by atoms with E-state index >= 15 is 0 Å². The van der Waals surface area contributed by atoms with Gasteiger partial charge in [-0.05, 0) is 52.1 Å². The van der Waals surface area contributed by atoms with Gasteiger partial charge in [-0.3, -0.25) is 0 Å². The first kappa shape index (κ1) is 12.0. The molecule has 84 valence electrons. The third-order valence-electron chi connectivity index (χ3n) is 2.69. The van der Waals surface area contributed by atoms with Crippen LogP contribution in [0.4, 0.5) is 0 Å². The second-order valence-corrected chi connectivity index (χ2v) is 4.82. The first-order chi connectivity index (χ1) is 6.58. The lowest BCUT2D eigenvalue weighted by Gasteiger charge is -2.23. The lowest BCUT2D eigenvalue weighted by Crippen LogP contribution is -2.31. The molecular weight excluding hydrogens is 178 g/mol. The number of hydrogen-bond acceptors (Lipinski definition) is 3. The molecule has 0 aromatic carbocycles. The minimum atomic E-state index is -0.539. The van der Waals surface area contributed by atoms with E-state index in [9.17, 15) is 5.11 Å². The van der Waals surface area contributed by atoms with Crippen molar-refractivity contribution < 1.29 is 9.84 Å². The van der Waals surface area contributed by atoms with Gasteiger partial charge >= 0.3 is 0 Å². The molecule has 14 heavy (non-hydrogen) atoms. The van der Waals surface area contributed by atoms with Crippen molar-refractivity contribution in [2.75, 3.05) is 26.3 Å². The zero-order valence-corrected chi connectivity index (χ0v) is 9.38. The van der Waals surface area contributed by atoms with E-state index in [1.165, 1.54) is 12.8 Å². The van der Waals surface area contributed by atoms with Crippen molar-refractivity contribution in [2.24, 2.45) is 5.92 Å². The molecule has 1 fully saturated rings. The Labute approximate surface area is 86.8 Å². The number of aliphatic hydroxyl groups is 1. The summed E-state index contributed by atoms with van der Waals surface area (Å²) in [6.07, 6.45) is 3.17. The maximum Gasteiger partial charge on any atom is 0.0603 e. The maximum absolute atomic E-state index is 9.49. The summed E-state index contributed by atoms with van der Waals surface area (Å²) in [5.41, 5.74) is -0.539. The molecular formula is C11H23NO2. The normalized spacial score (nSPS) is 19.9. The highest BCUT2D eigenvalue weighted by atomic mass is 16.5. The monoisotopic (exact) mass is 201 g/mol. The number of rotatable bonds is 5. The molecule has 3 nitrogen and oxygen atoms in total. The third-order valence-corrected chi connectivity index (χ3v) is 2.69. The fourth-order valence-corrected chi connectivity index (χ4v) is 1.65. The Morgan fingerprint density at radius 1 is 1.36 bits per heavy atom. The molecule has 0 aromatic heterocycles. The molecule has 0 unspecified atom stereocenters. The zero-order chi connectivity index (χ0) is 10.4. The van der Waals surface area contributed by atoms with Crippen LogP contribution in [0.25, 0.3) is 0 Å². The van der Waals surface area contributed by atoms with Crippen LogP contribution in [-0.2, 0) is 4.74 Å². The molecule has 0 radical (unpaired) electrons. The summed E-state index contributed by atoms with van der Waals surface area (Å²) in [5, 5.41) is 12.9. The molecule has 0 aliphatic carbocycles. The lowest BCUT2D eigenvalue weighted by molar-refractivity contribution is 0.0606. The highest BCUT2D eigenvalue weighted by Crippen LogP contribution is 2.13. The van der Waals surface area contributed by atoms with Crippen LogP contribution in [0.1, 0.15) is 33.1 Å². The Morgan fingerprint density at radius 3 is 2.57 bits per heavy atom. The summed E-state index contributed by atoms with van der Waals surface area (Å²) in [6.45, 7) is 7.50. The second-order valence-electron chi connectivity index (χ2n) is 4.82. The van der Waals surface area contributed by atoms with Gasteiger partial charge in [-0.15, -0.1) is 0 Å². The van der Waals surface area contributed by atoms with Crippen LogP contribution in [-0.4, -0.2) is 37.0 Å². The molecule has 1 heterocycles. The predicted octanol–water partition coefficient (Wildman–Crippen LogP) is 1.16. The highest BCUT2D eigenvalue weighted by molar-refractivity contribution is 4.69. The number of hydrogen-bond donors (Lipinski definition) is 2. The Morgan fingerprint density at radius 2 is 2.00 bits per heavy atom. The van der Waals surface area contributed by atoms with Gasteiger partial charge in [0.1, 0.15) is 0 Å². The summed E-state index contributed by atoms with van der Waals surface area (Å²) in [6, 6.07) is 0. The van der Waals surface area contributed by atoms with E-state index in [2.05, 4.69) is 5.32 Å². The van der Waals surface area contributed by atoms with Gasteiger partial charge in [0.05, 0.1) is 5.60 Å². The fourth-order valence-electron chi connectivity index (χ4n) is 1.65. The van der Waals surface area contributed by atoms with Crippen molar-refractivity contribution in [1.29, 1.82) is 0 Å². The SMILES string of the molecule is CC(C)(O)CCNCC1CCOCC1. The molecule has 1 rings (SSSR count). The average molecular weight is 201 g/mol. The molecule has 3 heteroatoms. The van der Waals surface area contributed by atoms with Crippen LogP contribution in [0.15, 0.2) is 0 Å². The van der Waals surface area contributed by atoms with E-state index < -0.39 is 5.60 Å². The van der Waals surface area contributed by atoms with Crippen molar-refractivity contribution in [2.45, 2.75) is 38.7 Å². The smallest absolute Gasteiger partial charge is 0.0603 e. The summed E-state index contributed by atoms with van der Waals surface area (Å²) in [7, 11) is 0. The van der Waals surface area contributed by atoms with Crippen molar-refractivity contribution in [3.05, 3.63) is 0 Å². The van der Waals surface area contributed by atoms with Gasteiger partial charge in [-0.25, -0.2) is 0 Å². The van der Waals surface area contributed by atoms with Crippen molar-refractivity contribution in [3.63, 3.8) is 0 Å². The van der Waals surface area contributed by atoms with E-state index in [1.54, 1.807) is 0 Å². The molecule has 0 saturated carbocycles. The third kappa shape index (κ3) is 5.58. The molecule has 0 amide bonds. The molecule has 0 spiro atoms. The molecule has 2 N–H and O–H groups in total. The van der Waals surface area contributed by atoms with Crippen LogP contribution >= 0.6 is 0 Å². The standard InChI is InChI=1S/C11H23NO2/c1-11(2,13)5-6-12-9-10-3-7-14-8-4-10/h10,12-13H,3-9H2,1-2H3.